The molecule has 3 nitrogen and oxygen atoms in total. The van der Waals surface area contributed by atoms with Crippen LogP contribution in [0.25, 0.3) is 0 Å². The van der Waals surface area contributed by atoms with Gasteiger partial charge in [0, 0.05) is 0 Å². The highest BCUT2D eigenvalue weighted by Crippen LogP contribution is 2.30. The molecule has 0 saturated heterocycles. The predicted molar refractivity (Wildman–Crippen MR) is 92.0 cm³/mol. The zero-order valence-electron chi connectivity index (χ0n) is 14.0. The third kappa shape index (κ3) is 6.59. The van der Waals surface area contributed by atoms with E-state index in [4.69, 9.17) is 9.16 Å². The molecule has 0 aliphatic rings. The van der Waals surface area contributed by atoms with Crippen LogP contribution in [0.5, 0.6) is 11.5 Å². The molecule has 1 N–H and O–H groups in total. The van der Waals surface area contributed by atoms with E-state index in [2.05, 4.69) is 56.4 Å². The van der Waals surface area contributed by atoms with E-state index in [-0.39, 0.29) is 0 Å². The van der Waals surface area contributed by atoms with Crippen molar-refractivity contribution < 1.29 is 9.16 Å². The van der Waals surface area contributed by atoms with Crippen molar-refractivity contribution in [3.63, 3.8) is 0 Å². The van der Waals surface area contributed by atoms with Crippen molar-refractivity contribution in [3.8, 4) is 11.5 Å². The van der Waals surface area contributed by atoms with Crippen molar-refractivity contribution in [1.82, 2.24) is 4.98 Å². The molecule has 0 radical (unpaired) electrons. The largest absolute Gasteiger partial charge is 0.542 e. The minimum absolute atomic E-state index is 0.845. The normalized spacial score (nSPS) is 12.3. The first kappa shape index (κ1) is 17.3. The fourth-order valence-corrected chi connectivity index (χ4v) is 3.57. The van der Waals surface area contributed by atoms with Crippen LogP contribution in [-0.2, 0) is 6.42 Å². The summed E-state index contributed by atoms with van der Waals surface area (Å²) in [7, 11) is -1.07. The maximum absolute atomic E-state index is 6.04. The minimum Gasteiger partial charge on any atom is -0.542 e. The molecule has 0 spiro atoms. The molecule has 0 amide bonds. The van der Waals surface area contributed by atoms with E-state index < -0.39 is 16.6 Å². The maximum Gasteiger partial charge on any atom is 0.242 e. The molecule has 1 aromatic rings. The van der Waals surface area contributed by atoms with Crippen LogP contribution in [0.1, 0.15) is 5.56 Å². The van der Waals surface area contributed by atoms with Gasteiger partial charge in [-0.3, -0.25) is 0 Å². The van der Waals surface area contributed by atoms with E-state index in [1.807, 2.05) is 6.07 Å². The van der Waals surface area contributed by atoms with Crippen LogP contribution in [0.2, 0.25) is 39.3 Å². The third-order valence-electron chi connectivity index (χ3n) is 2.71. The van der Waals surface area contributed by atoms with E-state index in [0.29, 0.717) is 0 Å². The van der Waals surface area contributed by atoms with E-state index in [1.165, 1.54) is 5.56 Å². The van der Waals surface area contributed by atoms with E-state index in [0.717, 1.165) is 24.5 Å². The van der Waals surface area contributed by atoms with Crippen LogP contribution in [0, 0.1) is 0 Å². The number of ether oxygens (including phenoxy) is 1. The van der Waals surface area contributed by atoms with Crippen molar-refractivity contribution in [2.24, 2.45) is 0 Å². The van der Waals surface area contributed by atoms with Gasteiger partial charge >= 0.3 is 0 Å². The Morgan fingerprint density at radius 2 is 1.65 bits per heavy atom. The molecular formula is C15H29NO2Si2. The second-order valence-electron chi connectivity index (χ2n) is 7.13. The Morgan fingerprint density at radius 3 is 2.15 bits per heavy atom. The maximum atomic E-state index is 6.04. The zero-order valence-corrected chi connectivity index (χ0v) is 16.0. The van der Waals surface area contributed by atoms with Crippen LogP contribution in [-0.4, -0.2) is 30.2 Å². The monoisotopic (exact) mass is 311 g/mol. The van der Waals surface area contributed by atoms with Gasteiger partial charge in [0.1, 0.15) is 14.0 Å². The lowest BCUT2D eigenvalue weighted by atomic mass is 10.1. The molecule has 0 aromatic heterocycles. The fraction of sp³-hybridized carbons (Fsp3) is 0.600. The average Bonchev–Trinajstić information content (AvgIpc) is 2.27. The summed E-state index contributed by atoms with van der Waals surface area (Å²) in [5, 5.41) is 0. The third-order valence-corrected chi connectivity index (χ3v) is 4.86. The van der Waals surface area contributed by atoms with Crippen LogP contribution < -0.4 is 14.1 Å². The molecule has 1 aromatic carbocycles. The smallest absolute Gasteiger partial charge is 0.242 e. The summed E-state index contributed by atoms with van der Waals surface area (Å²) in [4.78, 5) is 3.63. The number of nitrogens with one attached hydrogen (secondary N) is 1. The molecular weight excluding hydrogens is 282 g/mol. The average molecular weight is 312 g/mol. The molecule has 0 aliphatic carbocycles. The van der Waals surface area contributed by atoms with Crippen LogP contribution in [0.3, 0.4) is 0 Å². The molecule has 20 heavy (non-hydrogen) atoms. The molecule has 0 atom stereocenters. The second-order valence-corrected chi connectivity index (χ2v) is 16.4. The Labute approximate surface area is 125 Å². The van der Waals surface area contributed by atoms with Crippen LogP contribution >= 0.6 is 0 Å². The van der Waals surface area contributed by atoms with Gasteiger partial charge < -0.3 is 14.1 Å². The summed E-state index contributed by atoms with van der Waals surface area (Å²) in [5.41, 5.74) is 1.29. The van der Waals surface area contributed by atoms with E-state index in [1.54, 1.807) is 7.11 Å². The minimum atomic E-state index is -1.60. The van der Waals surface area contributed by atoms with Gasteiger partial charge in [-0.15, -0.1) is 0 Å². The Bertz CT molecular complexity index is 436. The summed E-state index contributed by atoms with van der Waals surface area (Å²) in [6, 6.07) is 6.28. The van der Waals surface area contributed by atoms with Gasteiger partial charge in [-0.25, -0.2) is 0 Å². The lowest BCUT2D eigenvalue weighted by Crippen LogP contribution is -2.42. The molecule has 0 saturated carbocycles. The first-order valence-corrected chi connectivity index (χ1v) is 14.1. The lowest BCUT2D eigenvalue weighted by molar-refractivity contribution is 0.391. The SMILES string of the molecule is COc1cc(CCN[Si](C)(C)C)ccc1O[Si](C)(C)C. The van der Waals surface area contributed by atoms with Crippen molar-refractivity contribution >= 4 is 16.6 Å². The van der Waals surface area contributed by atoms with Crippen molar-refractivity contribution in [1.29, 1.82) is 0 Å². The predicted octanol–water partition coefficient (Wildman–Crippen LogP) is 3.88. The van der Waals surface area contributed by atoms with Gasteiger partial charge in [0.2, 0.25) is 8.32 Å². The zero-order chi connectivity index (χ0) is 15.4. The Morgan fingerprint density at radius 1 is 1.00 bits per heavy atom. The lowest BCUT2D eigenvalue weighted by Gasteiger charge is -2.22. The number of hydrogen-bond acceptors (Lipinski definition) is 3. The fourth-order valence-electron chi connectivity index (χ4n) is 1.86. The highest BCUT2D eigenvalue weighted by molar-refractivity contribution is 6.73. The topological polar surface area (TPSA) is 30.5 Å². The van der Waals surface area contributed by atoms with Gasteiger partial charge in [-0.05, 0) is 50.3 Å². The van der Waals surface area contributed by atoms with Crippen LogP contribution in [0.4, 0.5) is 0 Å². The number of methoxy groups -OCH3 is 1. The molecule has 0 fully saturated rings. The van der Waals surface area contributed by atoms with Crippen molar-refractivity contribution in [2.75, 3.05) is 13.7 Å². The van der Waals surface area contributed by atoms with Crippen LogP contribution in [0.15, 0.2) is 18.2 Å². The summed E-state index contributed by atoms with van der Waals surface area (Å²) in [5.74, 6) is 1.71. The summed E-state index contributed by atoms with van der Waals surface area (Å²) in [6.45, 7) is 14.5. The van der Waals surface area contributed by atoms with Crippen molar-refractivity contribution in [2.45, 2.75) is 45.7 Å². The van der Waals surface area contributed by atoms with Gasteiger partial charge in [-0.2, -0.15) is 0 Å². The van der Waals surface area contributed by atoms with Crippen molar-refractivity contribution in [3.05, 3.63) is 23.8 Å². The molecule has 0 aliphatic heterocycles. The molecule has 0 bridgehead atoms. The molecule has 0 unspecified atom stereocenters. The molecule has 5 heteroatoms. The first-order valence-electron chi connectivity index (χ1n) is 7.22. The summed E-state index contributed by atoms with van der Waals surface area (Å²) >= 11 is 0. The quantitative estimate of drug-likeness (QED) is 0.775. The van der Waals surface area contributed by atoms with Gasteiger partial charge in [-0.1, -0.05) is 25.7 Å². The van der Waals surface area contributed by atoms with E-state index in [9.17, 15) is 0 Å². The highest BCUT2D eigenvalue weighted by atomic mass is 28.4. The van der Waals surface area contributed by atoms with Gasteiger partial charge in [0.15, 0.2) is 5.75 Å². The summed E-state index contributed by atoms with van der Waals surface area (Å²) < 4.78 is 11.5. The van der Waals surface area contributed by atoms with Gasteiger partial charge in [0.05, 0.1) is 7.11 Å². The first-order chi connectivity index (χ1) is 9.11. The number of hydrogen-bond donors (Lipinski definition) is 1. The molecule has 1 rings (SSSR count). The standard InChI is InChI=1S/C15H29NO2Si2/c1-17-15-12-13(10-11-16-19(2,3)4)8-9-14(15)18-20(5,6)7/h8-9,12,16H,10-11H2,1-7H3. The van der Waals surface area contributed by atoms with E-state index >= 15 is 0 Å². The molecule has 0 heterocycles. The molecule has 114 valence electrons. The Kier molecular flexibility index (Phi) is 5.85. The number of rotatable bonds is 7. The second kappa shape index (κ2) is 6.78. The summed E-state index contributed by atoms with van der Waals surface area (Å²) in [6.07, 6.45) is 1.02. The number of benzene rings is 1. The van der Waals surface area contributed by atoms with Gasteiger partial charge in [0.25, 0.3) is 0 Å². The highest BCUT2D eigenvalue weighted by Gasteiger charge is 2.19. The Balaban J connectivity index is 2.72. The Hall–Kier alpha value is -0.786.